The third-order valence-corrected chi connectivity index (χ3v) is 4.57. The molecule has 1 N–H and O–H groups in total. The van der Waals surface area contributed by atoms with Gasteiger partial charge in [0.1, 0.15) is 6.33 Å². The second-order valence-electron chi connectivity index (χ2n) is 5.97. The second kappa shape index (κ2) is 6.24. The number of aromatic nitrogens is 4. The molecule has 1 saturated heterocycles. The van der Waals surface area contributed by atoms with Crippen molar-refractivity contribution in [1.29, 1.82) is 5.26 Å². The van der Waals surface area contributed by atoms with Crippen LogP contribution in [0.2, 0.25) is 0 Å². The molecule has 0 saturated carbocycles. The van der Waals surface area contributed by atoms with Crippen LogP contribution >= 0.6 is 0 Å². The van der Waals surface area contributed by atoms with Crippen LogP contribution in [-0.4, -0.2) is 43.8 Å². The van der Waals surface area contributed by atoms with Gasteiger partial charge in [-0.1, -0.05) is 18.2 Å². The highest BCUT2D eigenvalue weighted by atomic mass is 16.2. The van der Waals surface area contributed by atoms with Crippen LogP contribution in [0, 0.1) is 11.3 Å². The van der Waals surface area contributed by atoms with E-state index in [0.717, 1.165) is 22.0 Å². The molecule has 1 aromatic carbocycles. The number of imidazole rings is 1. The van der Waals surface area contributed by atoms with Crippen LogP contribution in [0.3, 0.4) is 0 Å². The highest BCUT2D eigenvalue weighted by molar-refractivity contribution is 5.95. The molecule has 1 aliphatic rings. The van der Waals surface area contributed by atoms with Gasteiger partial charge in [0.25, 0.3) is 0 Å². The average Bonchev–Trinajstić information content (AvgIpc) is 3.34. The summed E-state index contributed by atoms with van der Waals surface area (Å²) in [6.45, 7) is 1.19. The lowest BCUT2D eigenvalue weighted by atomic mass is 9.93. The number of likely N-dealkylation sites (tertiary alicyclic amines) is 1. The van der Waals surface area contributed by atoms with Gasteiger partial charge in [0, 0.05) is 36.4 Å². The van der Waals surface area contributed by atoms with Crippen LogP contribution in [0.1, 0.15) is 18.4 Å². The Balaban J connectivity index is 1.60. The van der Waals surface area contributed by atoms with Crippen molar-refractivity contribution in [2.45, 2.75) is 12.8 Å². The number of carbonyl (C=O) groups excluding carboxylic acids is 1. The zero-order valence-corrected chi connectivity index (χ0v) is 13.5. The molecule has 3 aromatic rings. The number of H-pyrrole nitrogens is 1. The number of para-hydroxylation sites is 1. The van der Waals surface area contributed by atoms with Crippen LogP contribution < -0.4 is 0 Å². The number of benzene rings is 1. The Kier molecular flexibility index (Phi) is 3.78. The summed E-state index contributed by atoms with van der Waals surface area (Å²) in [4.78, 5) is 18.1. The van der Waals surface area contributed by atoms with Crippen molar-refractivity contribution >= 4 is 22.5 Å². The number of allylic oxidation sites excluding steroid dienone is 1. The minimum atomic E-state index is -0.0780. The maximum absolute atomic E-state index is 12.4. The summed E-state index contributed by atoms with van der Waals surface area (Å²) in [5, 5.41) is 17.8. The number of nitrogens with zero attached hydrogens (tertiary/aromatic N) is 5. The average molecular weight is 332 g/mol. The normalized spacial score (nSPS) is 14.5. The SMILES string of the molecule is N#CC(=C1CCN(C(=O)n2ccnc2)CC1)c1cccc2cn[nH]c12. The van der Waals surface area contributed by atoms with Crippen LogP contribution in [0.5, 0.6) is 0 Å². The van der Waals surface area contributed by atoms with Crippen molar-refractivity contribution in [1.82, 2.24) is 24.6 Å². The summed E-state index contributed by atoms with van der Waals surface area (Å²) < 4.78 is 1.48. The molecule has 0 spiro atoms. The molecule has 0 radical (unpaired) electrons. The lowest BCUT2D eigenvalue weighted by Gasteiger charge is -2.29. The van der Waals surface area contributed by atoms with E-state index in [2.05, 4.69) is 21.3 Å². The number of nitrogens with one attached hydrogen (secondary N) is 1. The Morgan fingerprint density at radius 1 is 1.28 bits per heavy atom. The van der Waals surface area contributed by atoms with Crippen molar-refractivity contribution in [2.75, 3.05) is 13.1 Å². The summed E-state index contributed by atoms with van der Waals surface area (Å²) in [6.07, 6.45) is 7.87. The summed E-state index contributed by atoms with van der Waals surface area (Å²) in [6, 6.07) is 8.12. The predicted molar refractivity (Wildman–Crippen MR) is 92.5 cm³/mol. The van der Waals surface area contributed by atoms with Crippen LogP contribution in [0.15, 0.2) is 48.7 Å². The number of aromatic amines is 1. The Morgan fingerprint density at radius 3 is 2.84 bits per heavy atom. The van der Waals surface area contributed by atoms with E-state index in [9.17, 15) is 10.1 Å². The highest BCUT2D eigenvalue weighted by Crippen LogP contribution is 2.30. The molecule has 2 aromatic heterocycles. The first-order valence-corrected chi connectivity index (χ1v) is 8.10. The number of hydrogen-bond donors (Lipinski definition) is 1. The lowest BCUT2D eigenvalue weighted by Crippen LogP contribution is -2.38. The molecule has 1 amide bonds. The zero-order valence-electron chi connectivity index (χ0n) is 13.5. The predicted octanol–water partition coefficient (Wildman–Crippen LogP) is 2.80. The van der Waals surface area contributed by atoms with Crippen molar-refractivity contribution in [2.24, 2.45) is 0 Å². The summed E-state index contributed by atoms with van der Waals surface area (Å²) in [5.74, 6) is 0. The molecule has 1 fully saturated rings. The summed E-state index contributed by atoms with van der Waals surface area (Å²) in [5.41, 5.74) is 3.52. The van der Waals surface area contributed by atoms with Gasteiger partial charge in [0.15, 0.2) is 0 Å². The van der Waals surface area contributed by atoms with E-state index in [1.807, 2.05) is 18.2 Å². The molecular weight excluding hydrogens is 316 g/mol. The Hall–Kier alpha value is -3.40. The number of nitriles is 1. The number of fused-ring (bicyclic) bond motifs is 1. The highest BCUT2D eigenvalue weighted by Gasteiger charge is 2.23. The first-order chi connectivity index (χ1) is 12.3. The Morgan fingerprint density at radius 2 is 2.12 bits per heavy atom. The van der Waals surface area contributed by atoms with E-state index in [1.165, 1.54) is 10.9 Å². The van der Waals surface area contributed by atoms with Crippen LogP contribution in [0.4, 0.5) is 4.79 Å². The van der Waals surface area contributed by atoms with Gasteiger partial charge in [-0.05, 0) is 18.4 Å². The molecule has 3 heterocycles. The fourth-order valence-electron chi connectivity index (χ4n) is 3.26. The monoisotopic (exact) mass is 332 g/mol. The van der Waals surface area contributed by atoms with Gasteiger partial charge < -0.3 is 4.90 Å². The van der Waals surface area contributed by atoms with Gasteiger partial charge in [-0.2, -0.15) is 10.4 Å². The topological polar surface area (TPSA) is 90.6 Å². The van der Waals surface area contributed by atoms with E-state index in [0.29, 0.717) is 31.5 Å². The molecule has 1 aliphatic heterocycles. The number of carbonyl (C=O) groups is 1. The van der Waals surface area contributed by atoms with E-state index >= 15 is 0 Å². The van der Waals surface area contributed by atoms with Gasteiger partial charge in [-0.3, -0.25) is 9.67 Å². The standard InChI is InChI=1S/C18H16N6O/c19-10-16(15-3-1-2-14-11-21-22-17(14)15)13-4-7-23(8-5-13)18(25)24-9-6-20-12-24/h1-3,6,9,11-12H,4-5,7-8H2,(H,21,22). The largest absolute Gasteiger partial charge is 0.329 e. The van der Waals surface area contributed by atoms with Crippen molar-refractivity contribution in [3.8, 4) is 6.07 Å². The molecule has 0 unspecified atom stereocenters. The van der Waals surface area contributed by atoms with E-state index in [-0.39, 0.29) is 6.03 Å². The van der Waals surface area contributed by atoms with Crippen molar-refractivity contribution in [3.63, 3.8) is 0 Å². The van der Waals surface area contributed by atoms with Gasteiger partial charge in [-0.25, -0.2) is 9.78 Å². The quantitative estimate of drug-likeness (QED) is 0.694. The summed E-state index contributed by atoms with van der Waals surface area (Å²) >= 11 is 0. The third kappa shape index (κ3) is 2.68. The maximum atomic E-state index is 12.4. The minimum Gasteiger partial charge on any atom is -0.323 e. The minimum absolute atomic E-state index is 0.0780. The van der Waals surface area contributed by atoms with Crippen molar-refractivity contribution in [3.05, 3.63) is 54.3 Å². The fraction of sp³-hybridized carbons (Fsp3) is 0.222. The van der Waals surface area contributed by atoms with E-state index in [4.69, 9.17) is 0 Å². The first-order valence-electron chi connectivity index (χ1n) is 8.10. The van der Waals surface area contributed by atoms with Gasteiger partial charge >= 0.3 is 6.03 Å². The molecule has 25 heavy (non-hydrogen) atoms. The molecule has 7 heteroatoms. The maximum Gasteiger partial charge on any atom is 0.329 e. The van der Waals surface area contributed by atoms with Crippen LogP contribution in [-0.2, 0) is 0 Å². The number of hydrogen-bond acceptors (Lipinski definition) is 4. The number of piperidine rings is 1. The Bertz CT molecular complexity index is 982. The first kappa shape index (κ1) is 15.1. The zero-order chi connectivity index (χ0) is 17.2. The van der Waals surface area contributed by atoms with Gasteiger partial charge in [0.2, 0.25) is 0 Å². The van der Waals surface area contributed by atoms with E-state index < -0.39 is 0 Å². The second-order valence-corrected chi connectivity index (χ2v) is 5.97. The molecule has 0 bridgehead atoms. The van der Waals surface area contributed by atoms with E-state index in [1.54, 1.807) is 23.5 Å². The third-order valence-electron chi connectivity index (χ3n) is 4.57. The molecule has 124 valence electrons. The van der Waals surface area contributed by atoms with Crippen molar-refractivity contribution < 1.29 is 4.79 Å². The molecule has 4 rings (SSSR count). The van der Waals surface area contributed by atoms with Gasteiger partial charge in [-0.15, -0.1) is 0 Å². The number of amides is 1. The van der Waals surface area contributed by atoms with Crippen LogP contribution in [0.25, 0.3) is 16.5 Å². The number of rotatable bonds is 1. The fourth-order valence-corrected chi connectivity index (χ4v) is 3.26. The lowest BCUT2D eigenvalue weighted by molar-refractivity contribution is 0.195. The molecule has 7 nitrogen and oxygen atoms in total. The molecule has 0 aliphatic carbocycles. The molecular formula is C18H16N6O. The summed E-state index contributed by atoms with van der Waals surface area (Å²) in [7, 11) is 0. The smallest absolute Gasteiger partial charge is 0.323 e. The molecule has 0 atom stereocenters. The van der Waals surface area contributed by atoms with Gasteiger partial charge in [0.05, 0.1) is 23.4 Å². The Labute approximate surface area is 144 Å².